The van der Waals surface area contributed by atoms with Crippen molar-refractivity contribution < 1.29 is 0 Å². The average Bonchev–Trinajstić information content (AvgIpc) is 2.72. The number of hydrogen-bond acceptors (Lipinski definition) is 2. The molecule has 1 aliphatic rings. The van der Waals surface area contributed by atoms with Crippen molar-refractivity contribution in [3.63, 3.8) is 0 Å². The van der Waals surface area contributed by atoms with Gasteiger partial charge in [-0.2, -0.15) is 5.26 Å². The molecular formula is C13H15N3. The monoisotopic (exact) mass is 213 g/mol. The minimum Gasteiger partial charge on any atom is -0.281 e. The third-order valence-electron chi connectivity index (χ3n) is 2.95. The summed E-state index contributed by atoms with van der Waals surface area (Å²) in [6.45, 7) is 2.00. The summed E-state index contributed by atoms with van der Waals surface area (Å²) in [4.78, 5) is 4.61. The van der Waals surface area contributed by atoms with Crippen molar-refractivity contribution in [3.05, 3.63) is 35.4 Å². The summed E-state index contributed by atoms with van der Waals surface area (Å²) in [6.07, 6.45) is 4.85. The number of nitrogens with one attached hydrogen (secondary N) is 1. The number of rotatable bonds is 2. The summed E-state index contributed by atoms with van der Waals surface area (Å²) in [5.41, 5.74) is 2.71. The lowest BCUT2D eigenvalue weighted by Gasteiger charge is -2.08. The second-order valence-corrected chi connectivity index (χ2v) is 3.92. The van der Waals surface area contributed by atoms with E-state index in [4.69, 9.17) is 5.26 Å². The van der Waals surface area contributed by atoms with Crippen LogP contribution in [0.3, 0.4) is 0 Å². The minimum atomic E-state index is 0.229. The Morgan fingerprint density at radius 2 is 2.38 bits per heavy atom. The maximum Gasteiger partial charge on any atom is 0.182 e. The van der Waals surface area contributed by atoms with Crippen LogP contribution < -0.4 is 5.32 Å². The molecule has 0 heterocycles. The smallest absolute Gasteiger partial charge is 0.182 e. The number of amidine groups is 1. The summed E-state index contributed by atoms with van der Waals surface area (Å²) in [7, 11) is 0. The molecule has 0 saturated heterocycles. The molecule has 0 fully saturated rings. The third kappa shape index (κ3) is 2.06. The fourth-order valence-electron chi connectivity index (χ4n) is 2.13. The average molecular weight is 213 g/mol. The van der Waals surface area contributed by atoms with Crippen LogP contribution in [0.25, 0.3) is 0 Å². The maximum atomic E-state index is 8.60. The Kier molecular flexibility index (Phi) is 3.21. The maximum absolute atomic E-state index is 8.60. The summed E-state index contributed by atoms with van der Waals surface area (Å²) >= 11 is 0. The van der Waals surface area contributed by atoms with Gasteiger partial charge in [-0.15, -0.1) is 0 Å². The molecule has 0 spiro atoms. The normalized spacial score (nSPS) is 19.0. The number of nitrogens with zero attached hydrogens (tertiary/aromatic N) is 2. The summed E-state index contributed by atoms with van der Waals surface area (Å²) in [5, 5.41) is 11.2. The molecule has 0 aliphatic heterocycles. The molecule has 1 atom stereocenters. The van der Waals surface area contributed by atoms with E-state index in [2.05, 4.69) is 34.6 Å². The fourth-order valence-corrected chi connectivity index (χ4v) is 2.13. The predicted molar refractivity (Wildman–Crippen MR) is 64.0 cm³/mol. The van der Waals surface area contributed by atoms with E-state index in [1.54, 1.807) is 0 Å². The molecule has 0 unspecified atom stereocenters. The van der Waals surface area contributed by atoms with Crippen molar-refractivity contribution in [3.8, 4) is 6.19 Å². The van der Waals surface area contributed by atoms with E-state index < -0.39 is 0 Å². The molecule has 3 heteroatoms. The SMILES string of the molecule is CCC(=N[C@@H]1CCc2ccccc21)NC#N. The van der Waals surface area contributed by atoms with Gasteiger partial charge >= 0.3 is 0 Å². The first-order chi connectivity index (χ1) is 7.85. The van der Waals surface area contributed by atoms with Crippen LogP contribution in [0.5, 0.6) is 0 Å². The van der Waals surface area contributed by atoms with Crippen LogP contribution in [0, 0.1) is 11.5 Å². The highest BCUT2D eigenvalue weighted by atomic mass is 15.0. The Morgan fingerprint density at radius 3 is 3.12 bits per heavy atom. The quantitative estimate of drug-likeness (QED) is 0.355. The second-order valence-electron chi connectivity index (χ2n) is 3.92. The van der Waals surface area contributed by atoms with Crippen LogP contribution >= 0.6 is 0 Å². The van der Waals surface area contributed by atoms with Gasteiger partial charge in [-0.05, 0) is 24.0 Å². The summed E-state index contributed by atoms with van der Waals surface area (Å²) < 4.78 is 0. The van der Waals surface area contributed by atoms with Crippen LogP contribution in [0.2, 0.25) is 0 Å². The van der Waals surface area contributed by atoms with E-state index in [1.165, 1.54) is 11.1 Å². The Hall–Kier alpha value is -1.82. The topological polar surface area (TPSA) is 48.2 Å². The zero-order chi connectivity index (χ0) is 11.4. The van der Waals surface area contributed by atoms with E-state index in [1.807, 2.05) is 13.1 Å². The Morgan fingerprint density at radius 1 is 1.56 bits per heavy atom. The molecule has 0 saturated carbocycles. The number of fused-ring (bicyclic) bond motifs is 1. The fraction of sp³-hybridized carbons (Fsp3) is 0.385. The highest BCUT2D eigenvalue weighted by molar-refractivity contribution is 5.83. The van der Waals surface area contributed by atoms with Gasteiger partial charge in [0.25, 0.3) is 0 Å². The zero-order valence-corrected chi connectivity index (χ0v) is 9.40. The Bertz CT molecular complexity index is 443. The molecule has 1 aliphatic carbocycles. The van der Waals surface area contributed by atoms with E-state index in [-0.39, 0.29) is 6.04 Å². The zero-order valence-electron chi connectivity index (χ0n) is 9.40. The van der Waals surface area contributed by atoms with Crippen molar-refractivity contribution in [2.24, 2.45) is 4.99 Å². The van der Waals surface area contributed by atoms with Gasteiger partial charge in [0.05, 0.1) is 6.04 Å². The lowest BCUT2D eigenvalue weighted by atomic mass is 10.1. The molecule has 3 nitrogen and oxygen atoms in total. The van der Waals surface area contributed by atoms with Gasteiger partial charge in [0.1, 0.15) is 5.84 Å². The van der Waals surface area contributed by atoms with E-state index in [0.29, 0.717) is 0 Å². The van der Waals surface area contributed by atoms with Crippen molar-refractivity contribution in [2.45, 2.75) is 32.2 Å². The van der Waals surface area contributed by atoms with Crippen molar-refractivity contribution in [1.29, 1.82) is 5.26 Å². The van der Waals surface area contributed by atoms with Crippen LogP contribution in [0.1, 0.15) is 36.9 Å². The largest absolute Gasteiger partial charge is 0.281 e. The summed E-state index contributed by atoms with van der Waals surface area (Å²) in [5.74, 6) is 0.782. The Balaban J connectivity index is 2.22. The van der Waals surface area contributed by atoms with Crippen LogP contribution in [0.4, 0.5) is 0 Å². The molecule has 1 N–H and O–H groups in total. The predicted octanol–water partition coefficient (Wildman–Crippen LogP) is 2.55. The number of benzene rings is 1. The highest BCUT2D eigenvalue weighted by Crippen LogP contribution is 2.33. The first-order valence-electron chi connectivity index (χ1n) is 5.64. The van der Waals surface area contributed by atoms with Gasteiger partial charge in [-0.1, -0.05) is 31.2 Å². The molecule has 0 aromatic heterocycles. The van der Waals surface area contributed by atoms with E-state index in [9.17, 15) is 0 Å². The molecule has 1 aromatic rings. The molecule has 2 rings (SSSR count). The lowest BCUT2D eigenvalue weighted by Crippen LogP contribution is -2.17. The van der Waals surface area contributed by atoms with E-state index in [0.717, 1.165) is 25.1 Å². The van der Waals surface area contributed by atoms with Gasteiger partial charge < -0.3 is 0 Å². The van der Waals surface area contributed by atoms with Crippen LogP contribution in [-0.2, 0) is 6.42 Å². The molecule has 0 amide bonds. The standard InChI is InChI=1S/C13H15N3/c1-2-13(15-9-14)16-12-8-7-10-5-3-4-6-11(10)12/h3-6,12H,2,7-8H2,1H3,(H,15,16)/t12-/m1/s1. The minimum absolute atomic E-state index is 0.229. The first-order valence-corrected chi connectivity index (χ1v) is 5.64. The molecular weight excluding hydrogens is 198 g/mol. The molecule has 0 bridgehead atoms. The van der Waals surface area contributed by atoms with Crippen molar-refractivity contribution in [2.75, 3.05) is 0 Å². The molecule has 0 radical (unpaired) electrons. The number of nitriles is 1. The molecule has 82 valence electrons. The molecule has 16 heavy (non-hydrogen) atoms. The van der Waals surface area contributed by atoms with E-state index >= 15 is 0 Å². The van der Waals surface area contributed by atoms with Crippen molar-refractivity contribution >= 4 is 5.84 Å². The number of hydrogen-bond donors (Lipinski definition) is 1. The first kappa shape index (κ1) is 10.7. The number of aliphatic imine (C=N–C) groups is 1. The van der Waals surface area contributed by atoms with Gasteiger partial charge in [0.15, 0.2) is 6.19 Å². The number of aryl methyl sites for hydroxylation is 1. The second kappa shape index (κ2) is 4.80. The highest BCUT2D eigenvalue weighted by Gasteiger charge is 2.21. The van der Waals surface area contributed by atoms with Crippen LogP contribution in [0.15, 0.2) is 29.3 Å². The van der Waals surface area contributed by atoms with Gasteiger partial charge in [-0.3, -0.25) is 10.3 Å². The Labute approximate surface area is 95.8 Å². The van der Waals surface area contributed by atoms with Gasteiger partial charge in [-0.25, -0.2) is 0 Å². The van der Waals surface area contributed by atoms with Crippen molar-refractivity contribution in [1.82, 2.24) is 5.32 Å². The third-order valence-corrected chi connectivity index (χ3v) is 2.95. The van der Waals surface area contributed by atoms with Crippen LogP contribution in [-0.4, -0.2) is 5.84 Å². The lowest BCUT2D eigenvalue weighted by molar-refractivity contribution is 0.709. The summed E-state index contributed by atoms with van der Waals surface area (Å²) in [6, 6.07) is 8.64. The van der Waals surface area contributed by atoms with Gasteiger partial charge in [0, 0.05) is 6.42 Å². The molecule has 1 aromatic carbocycles. The van der Waals surface area contributed by atoms with Gasteiger partial charge in [0.2, 0.25) is 0 Å².